The van der Waals surface area contributed by atoms with E-state index in [1.54, 1.807) is 4.90 Å². The minimum Gasteiger partial charge on any atom is -0.325 e. The lowest BCUT2D eigenvalue weighted by Gasteiger charge is -2.31. The molecule has 0 N–H and O–H groups in total. The quantitative estimate of drug-likeness (QED) is 0.627. The van der Waals surface area contributed by atoms with Crippen molar-refractivity contribution >= 4 is 11.8 Å². The van der Waals surface area contributed by atoms with Gasteiger partial charge in [-0.15, -0.1) is 0 Å². The van der Waals surface area contributed by atoms with Gasteiger partial charge in [-0.2, -0.15) is 0 Å². The Morgan fingerprint density at radius 3 is 2.12 bits per heavy atom. The molecule has 2 heterocycles. The van der Waals surface area contributed by atoms with Gasteiger partial charge in [0.15, 0.2) is 5.78 Å². The average Bonchev–Trinajstić information content (AvgIpc) is 2.56. The summed E-state index contributed by atoms with van der Waals surface area (Å²) < 4.78 is 0. The first-order valence-electron chi connectivity index (χ1n) is 6.33. The van der Waals surface area contributed by atoms with Crippen LogP contribution in [-0.2, 0) is 4.79 Å². The molecular formula is C12H20N2O2. The van der Waals surface area contributed by atoms with Crippen LogP contribution in [-0.4, -0.2) is 47.8 Å². The van der Waals surface area contributed by atoms with Gasteiger partial charge in [0.2, 0.25) is 0 Å². The summed E-state index contributed by atoms with van der Waals surface area (Å²) in [5.41, 5.74) is 0. The van der Waals surface area contributed by atoms with Crippen LogP contribution in [0.3, 0.4) is 0 Å². The van der Waals surface area contributed by atoms with Gasteiger partial charge < -0.3 is 9.80 Å². The Labute approximate surface area is 96.6 Å². The van der Waals surface area contributed by atoms with Crippen LogP contribution in [0.15, 0.2) is 0 Å². The van der Waals surface area contributed by atoms with Gasteiger partial charge in [-0.3, -0.25) is 4.79 Å². The van der Waals surface area contributed by atoms with E-state index < -0.39 is 0 Å². The Morgan fingerprint density at radius 1 is 0.875 bits per heavy atom. The van der Waals surface area contributed by atoms with E-state index in [1.165, 1.54) is 12.8 Å². The number of carbonyl (C=O) groups excluding carboxylic acids is 2. The van der Waals surface area contributed by atoms with Gasteiger partial charge in [0.1, 0.15) is 0 Å². The molecule has 0 saturated carbocycles. The smallest absolute Gasteiger partial charge is 0.320 e. The molecule has 0 atom stereocenters. The molecule has 0 aromatic heterocycles. The minimum atomic E-state index is 0.0787. The second-order valence-electron chi connectivity index (χ2n) is 4.75. The summed E-state index contributed by atoms with van der Waals surface area (Å²) in [4.78, 5) is 27.1. The van der Waals surface area contributed by atoms with E-state index in [4.69, 9.17) is 0 Å². The van der Waals surface area contributed by atoms with E-state index in [0.717, 1.165) is 38.9 Å². The van der Waals surface area contributed by atoms with Gasteiger partial charge in [0.05, 0.1) is 6.54 Å². The van der Waals surface area contributed by atoms with Crippen molar-refractivity contribution in [2.24, 2.45) is 0 Å². The highest BCUT2D eigenvalue weighted by molar-refractivity contribution is 5.86. The van der Waals surface area contributed by atoms with E-state index in [2.05, 4.69) is 0 Å². The number of likely N-dealkylation sites (tertiary alicyclic amines) is 2. The van der Waals surface area contributed by atoms with Crippen molar-refractivity contribution in [1.82, 2.24) is 9.80 Å². The van der Waals surface area contributed by atoms with Gasteiger partial charge in [0.25, 0.3) is 0 Å². The fourth-order valence-corrected chi connectivity index (χ4v) is 2.46. The number of rotatable bonds is 0. The van der Waals surface area contributed by atoms with Gasteiger partial charge in [-0.25, -0.2) is 4.79 Å². The molecule has 0 aromatic carbocycles. The summed E-state index contributed by atoms with van der Waals surface area (Å²) in [5.74, 6) is 0.203. The van der Waals surface area contributed by atoms with Crippen molar-refractivity contribution in [3.8, 4) is 0 Å². The number of nitrogens with zero attached hydrogens (tertiary/aromatic N) is 2. The Kier molecular flexibility index (Phi) is 3.80. The molecule has 2 rings (SSSR count). The fraction of sp³-hybridized carbons (Fsp3) is 0.833. The maximum atomic E-state index is 12.2. The number of Topliss-reactive ketones (excluding diaryl/α,β-unsaturated/α-hetero) is 1. The molecule has 90 valence electrons. The van der Waals surface area contributed by atoms with Crippen LogP contribution in [0.1, 0.15) is 38.5 Å². The van der Waals surface area contributed by atoms with E-state index in [9.17, 15) is 9.59 Å². The zero-order valence-electron chi connectivity index (χ0n) is 9.78. The lowest BCUT2D eigenvalue weighted by Crippen LogP contribution is -2.48. The summed E-state index contributed by atoms with van der Waals surface area (Å²) in [7, 11) is 0. The third kappa shape index (κ3) is 2.74. The molecule has 0 bridgehead atoms. The van der Waals surface area contributed by atoms with Crippen molar-refractivity contribution < 1.29 is 9.59 Å². The normalized spacial score (nSPS) is 23.1. The number of hydrogen-bond acceptors (Lipinski definition) is 2. The summed E-state index contributed by atoms with van der Waals surface area (Å²) >= 11 is 0. The molecule has 2 aliphatic rings. The van der Waals surface area contributed by atoms with Crippen molar-refractivity contribution in [3.63, 3.8) is 0 Å². The number of ketones is 1. The summed E-state index contributed by atoms with van der Waals surface area (Å²) in [6, 6.07) is 0.0787. The lowest BCUT2D eigenvalue weighted by molar-refractivity contribution is -0.121. The molecule has 0 radical (unpaired) electrons. The predicted octanol–water partition coefficient (Wildman–Crippen LogP) is 1.65. The maximum Gasteiger partial charge on any atom is 0.320 e. The van der Waals surface area contributed by atoms with Gasteiger partial charge in [-0.1, -0.05) is 12.8 Å². The fourth-order valence-electron chi connectivity index (χ4n) is 2.46. The van der Waals surface area contributed by atoms with Crippen LogP contribution in [0.4, 0.5) is 4.79 Å². The van der Waals surface area contributed by atoms with Crippen molar-refractivity contribution in [3.05, 3.63) is 0 Å². The molecular weight excluding hydrogens is 204 g/mol. The Hall–Kier alpha value is -1.06. The van der Waals surface area contributed by atoms with E-state index >= 15 is 0 Å². The van der Waals surface area contributed by atoms with Crippen LogP contribution in [0.25, 0.3) is 0 Å². The Balaban J connectivity index is 1.91. The van der Waals surface area contributed by atoms with Crippen molar-refractivity contribution in [2.45, 2.75) is 38.5 Å². The van der Waals surface area contributed by atoms with E-state index in [0.29, 0.717) is 13.0 Å². The number of piperidine rings is 1. The Morgan fingerprint density at radius 2 is 1.50 bits per heavy atom. The van der Waals surface area contributed by atoms with Crippen LogP contribution in [0, 0.1) is 0 Å². The van der Waals surface area contributed by atoms with Crippen molar-refractivity contribution in [2.75, 3.05) is 26.2 Å². The van der Waals surface area contributed by atoms with Gasteiger partial charge >= 0.3 is 6.03 Å². The lowest BCUT2D eigenvalue weighted by atomic mass is 10.1. The minimum absolute atomic E-state index is 0.0787. The molecule has 4 nitrogen and oxygen atoms in total. The average molecular weight is 224 g/mol. The Bertz CT molecular complexity index is 270. The first-order chi connectivity index (χ1) is 7.77. The molecule has 2 saturated heterocycles. The number of carbonyl (C=O) groups is 2. The molecule has 4 heteroatoms. The van der Waals surface area contributed by atoms with Crippen LogP contribution in [0.2, 0.25) is 0 Å². The monoisotopic (exact) mass is 224 g/mol. The zero-order valence-corrected chi connectivity index (χ0v) is 9.78. The summed E-state index contributed by atoms with van der Waals surface area (Å²) in [6.07, 6.45) is 6.13. The molecule has 16 heavy (non-hydrogen) atoms. The molecule has 0 spiro atoms. The second-order valence-corrected chi connectivity index (χ2v) is 4.75. The molecule has 2 aliphatic heterocycles. The first-order valence-corrected chi connectivity index (χ1v) is 6.33. The highest BCUT2D eigenvalue weighted by Gasteiger charge is 2.25. The molecule has 0 aromatic rings. The third-order valence-corrected chi connectivity index (χ3v) is 3.40. The third-order valence-electron chi connectivity index (χ3n) is 3.40. The van der Waals surface area contributed by atoms with Crippen LogP contribution >= 0.6 is 0 Å². The number of hydrogen-bond donors (Lipinski definition) is 0. The first kappa shape index (κ1) is 11.4. The summed E-state index contributed by atoms with van der Waals surface area (Å²) in [5, 5.41) is 0. The maximum absolute atomic E-state index is 12.2. The summed E-state index contributed by atoms with van der Waals surface area (Å²) in [6.45, 7) is 2.81. The van der Waals surface area contributed by atoms with E-state index in [1.807, 2.05) is 4.90 Å². The molecule has 2 fully saturated rings. The topological polar surface area (TPSA) is 40.6 Å². The van der Waals surface area contributed by atoms with Crippen LogP contribution in [0.5, 0.6) is 0 Å². The van der Waals surface area contributed by atoms with E-state index in [-0.39, 0.29) is 11.8 Å². The molecule has 2 amide bonds. The molecule has 0 aliphatic carbocycles. The van der Waals surface area contributed by atoms with Crippen molar-refractivity contribution in [1.29, 1.82) is 0 Å². The highest BCUT2D eigenvalue weighted by atomic mass is 16.2. The van der Waals surface area contributed by atoms with Crippen LogP contribution < -0.4 is 0 Å². The molecule has 0 unspecified atom stereocenters. The number of urea groups is 1. The SMILES string of the molecule is O=C1CCCN(C(=O)N2CCCCCC2)C1. The zero-order chi connectivity index (χ0) is 11.4. The second kappa shape index (κ2) is 5.32. The largest absolute Gasteiger partial charge is 0.325 e. The van der Waals surface area contributed by atoms with Gasteiger partial charge in [0, 0.05) is 26.1 Å². The van der Waals surface area contributed by atoms with Gasteiger partial charge in [-0.05, 0) is 19.3 Å². The predicted molar refractivity (Wildman–Crippen MR) is 61.3 cm³/mol. The highest BCUT2D eigenvalue weighted by Crippen LogP contribution is 2.14. The number of amides is 2. The standard InChI is InChI=1S/C12H20N2O2/c15-11-6-5-9-14(10-11)12(16)13-7-3-1-2-4-8-13/h1-10H2.